The predicted molar refractivity (Wildman–Crippen MR) is 78.4 cm³/mol. The van der Waals surface area contributed by atoms with E-state index in [0.717, 1.165) is 19.3 Å². The third kappa shape index (κ3) is 3.51. The largest absolute Gasteiger partial charge is 0.488 e. The van der Waals surface area contributed by atoms with Gasteiger partial charge >= 0.3 is 0 Å². The van der Waals surface area contributed by atoms with Crippen LogP contribution in [-0.4, -0.2) is 17.3 Å². The van der Waals surface area contributed by atoms with Gasteiger partial charge in [-0.25, -0.2) is 4.39 Å². The molecule has 0 spiro atoms. The molecule has 3 atom stereocenters. The fourth-order valence-electron chi connectivity index (χ4n) is 2.89. The molecule has 2 rings (SSSR count). The maximum absolute atomic E-state index is 13.3. The first kappa shape index (κ1) is 15.3. The average molecular weight is 280 g/mol. The van der Waals surface area contributed by atoms with E-state index in [-0.39, 0.29) is 17.3 Å². The van der Waals surface area contributed by atoms with Crippen LogP contribution in [0, 0.1) is 24.1 Å². The minimum Gasteiger partial charge on any atom is -0.488 e. The lowest BCUT2D eigenvalue weighted by atomic mass is 9.71. The topological polar surface area (TPSA) is 29.5 Å². The maximum atomic E-state index is 13.3. The van der Waals surface area contributed by atoms with Crippen LogP contribution in [0.2, 0.25) is 0 Å². The molecule has 1 fully saturated rings. The fourth-order valence-corrected chi connectivity index (χ4v) is 2.89. The molecule has 0 radical (unpaired) electrons. The van der Waals surface area contributed by atoms with Crippen LogP contribution in [0.25, 0.3) is 0 Å². The summed E-state index contributed by atoms with van der Waals surface area (Å²) in [6, 6.07) is 4.75. The second kappa shape index (κ2) is 5.72. The number of benzene rings is 1. The molecule has 3 unspecified atom stereocenters. The molecule has 2 nitrogen and oxygen atoms in total. The molecule has 1 aliphatic carbocycles. The van der Waals surface area contributed by atoms with Gasteiger partial charge < -0.3 is 9.84 Å². The molecular weight excluding hydrogens is 255 g/mol. The lowest BCUT2D eigenvalue weighted by Crippen LogP contribution is -2.41. The summed E-state index contributed by atoms with van der Waals surface area (Å²) in [5.74, 6) is 0.953. The summed E-state index contributed by atoms with van der Waals surface area (Å²) < 4.78 is 19.2. The Morgan fingerprint density at radius 1 is 1.25 bits per heavy atom. The van der Waals surface area contributed by atoms with Crippen molar-refractivity contribution >= 4 is 0 Å². The minimum atomic E-state index is -0.432. The number of aryl methyl sites for hydroxylation is 1. The van der Waals surface area contributed by atoms with Gasteiger partial charge in [-0.05, 0) is 61.3 Å². The molecule has 0 amide bonds. The van der Waals surface area contributed by atoms with Crippen LogP contribution in [0.3, 0.4) is 0 Å². The quantitative estimate of drug-likeness (QED) is 0.884. The standard InChI is InChI=1S/C17H25FO2/c1-11-9-13(6-7-14(11)18)20-16-10-12(17(2,3)4)5-8-15(16)19/h6-7,9,12,15-16,19H,5,8,10H2,1-4H3. The number of ether oxygens (including phenoxy) is 1. The summed E-state index contributed by atoms with van der Waals surface area (Å²) in [7, 11) is 0. The normalized spacial score (nSPS) is 27.4. The van der Waals surface area contributed by atoms with Crippen molar-refractivity contribution in [3.8, 4) is 5.75 Å². The van der Waals surface area contributed by atoms with Crippen molar-refractivity contribution < 1.29 is 14.2 Å². The van der Waals surface area contributed by atoms with E-state index >= 15 is 0 Å². The van der Waals surface area contributed by atoms with Gasteiger partial charge in [-0.15, -0.1) is 0 Å². The van der Waals surface area contributed by atoms with Crippen LogP contribution in [0.15, 0.2) is 18.2 Å². The molecule has 0 saturated heterocycles. The maximum Gasteiger partial charge on any atom is 0.126 e. The lowest BCUT2D eigenvalue weighted by Gasteiger charge is -2.40. The number of hydrogen-bond acceptors (Lipinski definition) is 2. The molecule has 1 saturated carbocycles. The summed E-state index contributed by atoms with van der Waals surface area (Å²) in [6.07, 6.45) is 2.03. The van der Waals surface area contributed by atoms with E-state index in [1.54, 1.807) is 19.1 Å². The van der Waals surface area contributed by atoms with Gasteiger partial charge in [-0.1, -0.05) is 20.8 Å². The number of halogens is 1. The monoisotopic (exact) mass is 280 g/mol. The Balaban J connectivity index is 2.08. The Bertz CT molecular complexity index is 465. The number of aliphatic hydroxyl groups is 1. The van der Waals surface area contributed by atoms with Crippen molar-refractivity contribution in [2.24, 2.45) is 11.3 Å². The van der Waals surface area contributed by atoms with Crippen LogP contribution in [0.5, 0.6) is 5.75 Å². The van der Waals surface area contributed by atoms with E-state index in [2.05, 4.69) is 20.8 Å². The van der Waals surface area contributed by atoms with Crippen molar-refractivity contribution in [3.05, 3.63) is 29.6 Å². The summed E-state index contributed by atoms with van der Waals surface area (Å²) >= 11 is 0. The summed E-state index contributed by atoms with van der Waals surface area (Å²) in [4.78, 5) is 0. The second-order valence-electron chi connectivity index (χ2n) is 7.01. The van der Waals surface area contributed by atoms with Crippen LogP contribution in [0.1, 0.15) is 45.6 Å². The summed E-state index contributed by atoms with van der Waals surface area (Å²) in [5.41, 5.74) is 0.792. The zero-order chi connectivity index (χ0) is 14.9. The average Bonchev–Trinajstić information content (AvgIpc) is 2.35. The smallest absolute Gasteiger partial charge is 0.126 e. The van der Waals surface area contributed by atoms with E-state index in [0.29, 0.717) is 17.2 Å². The van der Waals surface area contributed by atoms with Gasteiger partial charge in [-0.3, -0.25) is 0 Å². The predicted octanol–water partition coefficient (Wildman–Crippen LogP) is 4.09. The highest BCUT2D eigenvalue weighted by atomic mass is 19.1. The number of rotatable bonds is 2. The van der Waals surface area contributed by atoms with Crippen LogP contribution in [-0.2, 0) is 0 Å². The van der Waals surface area contributed by atoms with E-state index in [4.69, 9.17) is 4.74 Å². The Labute approximate surface area is 121 Å². The van der Waals surface area contributed by atoms with Crippen molar-refractivity contribution in [1.29, 1.82) is 0 Å². The number of aliphatic hydroxyl groups excluding tert-OH is 1. The Morgan fingerprint density at radius 2 is 1.95 bits per heavy atom. The van der Waals surface area contributed by atoms with Crippen LogP contribution >= 0.6 is 0 Å². The molecule has 0 heterocycles. The van der Waals surface area contributed by atoms with Gasteiger partial charge in [0.1, 0.15) is 17.7 Å². The summed E-state index contributed by atoms with van der Waals surface area (Å²) in [5, 5.41) is 10.1. The zero-order valence-corrected chi connectivity index (χ0v) is 12.8. The lowest BCUT2D eigenvalue weighted by molar-refractivity contribution is -0.0298. The fraction of sp³-hybridized carbons (Fsp3) is 0.647. The molecule has 1 aromatic rings. The van der Waals surface area contributed by atoms with Gasteiger partial charge in [0, 0.05) is 0 Å². The van der Waals surface area contributed by atoms with Gasteiger partial charge in [0.05, 0.1) is 6.10 Å². The van der Waals surface area contributed by atoms with E-state index in [1.807, 2.05) is 0 Å². The molecule has 1 aliphatic rings. The van der Waals surface area contributed by atoms with Crippen LogP contribution in [0.4, 0.5) is 4.39 Å². The SMILES string of the molecule is Cc1cc(OC2CC(C(C)(C)C)CCC2O)ccc1F. The van der Waals surface area contributed by atoms with E-state index in [1.165, 1.54) is 6.07 Å². The van der Waals surface area contributed by atoms with Crippen molar-refractivity contribution in [2.45, 2.75) is 59.2 Å². The van der Waals surface area contributed by atoms with Gasteiger partial charge in [0.2, 0.25) is 0 Å². The van der Waals surface area contributed by atoms with E-state index in [9.17, 15) is 9.50 Å². The van der Waals surface area contributed by atoms with Crippen molar-refractivity contribution in [1.82, 2.24) is 0 Å². The van der Waals surface area contributed by atoms with E-state index < -0.39 is 6.10 Å². The molecule has 0 aromatic heterocycles. The molecule has 0 bridgehead atoms. The van der Waals surface area contributed by atoms with Crippen molar-refractivity contribution in [2.75, 3.05) is 0 Å². The third-order valence-corrected chi connectivity index (χ3v) is 4.40. The highest BCUT2D eigenvalue weighted by Gasteiger charge is 2.36. The molecule has 112 valence electrons. The molecule has 0 aliphatic heterocycles. The molecule has 1 aromatic carbocycles. The Kier molecular flexibility index (Phi) is 4.38. The minimum absolute atomic E-state index is 0.196. The first-order chi connectivity index (χ1) is 9.27. The molecule has 3 heteroatoms. The van der Waals surface area contributed by atoms with Gasteiger partial charge in [-0.2, -0.15) is 0 Å². The third-order valence-electron chi connectivity index (χ3n) is 4.40. The second-order valence-corrected chi connectivity index (χ2v) is 7.01. The van der Waals surface area contributed by atoms with Crippen molar-refractivity contribution in [3.63, 3.8) is 0 Å². The zero-order valence-electron chi connectivity index (χ0n) is 12.8. The molecular formula is C17H25FO2. The van der Waals surface area contributed by atoms with Gasteiger partial charge in [0.25, 0.3) is 0 Å². The van der Waals surface area contributed by atoms with Crippen LogP contribution < -0.4 is 4.74 Å². The Hall–Kier alpha value is -1.09. The highest BCUT2D eigenvalue weighted by molar-refractivity contribution is 5.29. The first-order valence-electron chi connectivity index (χ1n) is 7.38. The molecule has 1 N–H and O–H groups in total. The molecule has 20 heavy (non-hydrogen) atoms. The van der Waals surface area contributed by atoms with Gasteiger partial charge in [0.15, 0.2) is 0 Å². The Morgan fingerprint density at radius 3 is 2.55 bits per heavy atom. The summed E-state index contributed by atoms with van der Waals surface area (Å²) in [6.45, 7) is 8.41. The number of hydrogen-bond donors (Lipinski definition) is 1. The highest BCUT2D eigenvalue weighted by Crippen LogP contribution is 2.39. The first-order valence-corrected chi connectivity index (χ1v) is 7.38.